The van der Waals surface area contributed by atoms with E-state index in [-0.39, 0.29) is 10.7 Å². The van der Waals surface area contributed by atoms with Crippen LogP contribution in [0.5, 0.6) is 0 Å². The number of nitrogens with zero attached hydrogens (tertiary/aromatic N) is 4. The molecular formula is C15H9ClN6O. The number of amides is 1. The van der Waals surface area contributed by atoms with Crippen molar-refractivity contribution in [2.45, 2.75) is 0 Å². The molecule has 0 aliphatic carbocycles. The average Bonchev–Trinajstić information content (AvgIpc) is 2.95. The van der Waals surface area contributed by atoms with Crippen LogP contribution in [-0.2, 0) is 4.79 Å². The Bertz CT molecular complexity index is 985. The first-order valence-electron chi connectivity index (χ1n) is 6.46. The molecule has 0 unspecified atom stereocenters. The first-order valence-corrected chi connectivity index (χ1v) is 6.84. The molecule has 0 saturated heterocycles. The number of carbonyl (C=O) groups is 1. The van der Waals surface area contributed by atoms with Crippen LogP contribution in [0.1, 0.15) is 11.3 Å². The first kappa shape index (κ1) is 14.7. The molecule has 0 fully saturated rings. The number of primary amides is 1. The summed E-state index contributed by atoms with van der Waals surface area (Å²) in [6.07, 6.45) is 7.56. The highest BCUT2D eigenvalue weighted by molar-refractivity contribution is 6.31. The highest BCUT2D eigenvalue weighted by Crippen LogP contribution is 2.24. The molecule has 0 spiro atoms. The summed E-state index contributed by atoms with van der Waals surface area (Å²) in [6.45, 7) is 0. The van der Waals surface area contributed by atoms with Crippen LogP contribution in [0.4, 0.5) is 0 Å². The summed E-state index contributed by atoms with van der Waals surface area (Å²) < 4.78 is 0. The summed E-state index contributed by atoms with van der Waals surface area (Å²) in [7, 11) is 0. The van der Waals surface area contributed by atoms with E-state index in [1.54, 1.807) is 24.5 Å². The zero-order valence-corrected chi connectivity index (χ0v) is 12.4. The second-order valence-electron chi connectivity index (χ2n) is 4.60. The van der Waals surface area contributed by atoms with Crippen molar-refractivity contribution >= 4 is 34.7 Å². The number of nitriles is 1. The van der Waals surface area contributed by atoms with E-state index in [0.717, 1.165) is 0 Å². The molecule has 0 radical (unpaired) electrons. The number of hydrogen-bond acceptors (Lipinski definition) is 5. The Morgan fingerprint density at radius 2 is 2.22 bits per heavy atom. The third-order valence-corrected chi connectivity index (χ3v) is 3.37. The molecule has 7 nitrogen and oxygen atoms in total. The molecule has 0 aliphatic rings. The van der Waals surface area contributed by atoms with E-state index in [1.165, 1.54) is 12.3 Å². The van der Waals surface area contributed by atoms with Gasteiger partial charge in [-0.25, -0.2) is 15.0 Å². The maximum absolute atomic E-state index is 10.9. The van der Waals surface area contributed by atoms with Gasteiger partial charge < -0.3 is 10.7 Å². The van der Waals surface area contributed by atoms with Crippen molar-refractivity contribution in [3.05, 3.63) is 47.0 Å². The normalized spacial score (nSPS) is 11.0. The number of rotatable bonds is 3. The second kappa shape index (κ2) is 5.87. The van der Waals surface area contributed by atoms with Crippen molar-refractivity contribution in [1.29, 1.82) is 5.26 Å². The molecule has 1 amide bonds. The van der Waals surface area contributed by atoms with Gasteiger partial charge in [-0.15, -0.1) is 0 Å². The van der Waals surface area contributed by atoms with Crippen LogP contribution in [0, 0.1) is 11.3 Å². The number of aromatic nitrogens is 4. The fourth-order valence-corrected chi connectivity index (χ4v) is 2.22. The minimum Gasteiger partial charge on any atom is -0.366 e. The van der Waals surface area contributed by atoms with E-state index in [2.05, 4.69) is 19.9 Å². The second-order valence-corrected chi connectivity index (χ2v) is 5.01. The Kier molecular flexibility index (Phi) is 3.75. The van der Waals surface area contributed by atoms with E-state index in [9.17, 15) is 4.79 Å². The average molecular weight is 325 g/mol. The van der Waals surface area contributed by atoms with Crippen molar-refractivity contribution in [2.24, 2.45) is 5.73 Å². The van der Waals surface area contributed by atoms with Crippen LogP contribution in [0.3, 0.4) is 0 Å². The lowest BCUT2D eigenvalue weighted by atomic mass is 10.2. The Labute approximate surface area is 135 Å². The molecule has 3 rings (SSSR count). The Balaban J connectivity index is 2.09. The molecule has 8 heteroatoms. The van der Waals surface area contributed by atoms with E-state index in [0.29, 0.717) is 28.0 Å². The highest BCUT2D eigenvalue weighted by atomic mass is 35.5. The van der Waals surface area contributed by atoms with Gasteiger partial charge in [-0.3, -0.25) is 4.79 Å². The molecule has 0 saturated carbocycles. The van der Waals surface area contributed by atoms with Crippen molar-refractivity contribution in [1.82, 2.24) is 19.9 Å². The standard InChI is InChI=1S/C15H9ClN6O/c16-10-3-9(6-19-11(10)4-17)12-7-21-15-14(22-12)8(5-20-15)1-2-13(18)23/h1-3,5-7H,(H2,18,23)(H,20,21). The summed E-state index contributed by atoms with van der Waals surface area (Å²) in [6, 6.07) is 3.50. The lowest BCUT2D eigenvalue weighted by molar-refractivity contribution is -0.113. The third-order valence-electron chi connectivity index (χ3n) is 3.08. The Morgan fingerprint density at radius 1 is 1.39 bits per heavy atom. The van der Waals surface area contributed by atoms with Crippen LogP contribution in [0.15, 0.2) is 30.7 Å². The number of nitrogens with two attached hydrogens (primary N) is 1. The Hall–Kier alpha value is -3.24. The van der Waals surface area contributed by atoms with Gasteiger partial charge in [0.25, 0.3) is 0 Å². The van der Waals surface area contributed by atoms with Gasteiger partial charge in [0.15, 0.2) is 11.3 Å². The van der Waals surface area contributed by atoms with Gasteiger partial charge in [-0.1, -0.05) is 11.6 Å². The summed E-state index contributed by atoms with van der Waals surface area (Å²) >= 11 is 5.99. The zero-order valence-electron chi connectivity index (χ0n) is 11.6. The van der Waals surface area contributed by atoms with Crippen LogP contribution in [-0.4, -0.2) is 25.8 Å². The van der Waals surface area contributed by atoms with Crippen LogP contribution in [0.2, 0.25) is 5.02 Å². The van der Waals surface area contributed by atoms with E-state index >= 15 is 0 Å². The molecule has 3 aromatic rings. The summed E-state index contributed by atoms with van der Waals surface area (Å²) in [5.41, 5.74) is 8.27. The zero-order chi connectivity index (χ0) is 16.4. The molecule has 0 aliphatic heterocycles. The number of aromatic amines is 1. The maximum atomic E-state index is 10.9. The number of halogens is 1. The van der Waals surface area contributed by atoms with Crippen LogP contribution >= 0.6 is 11.6 Å². The molecule has 23 heavy (non-hydrogen) atoms. The minimum absolute atomic E-state index is 0.149. The van der Waals surface area contributed by atoms with E-state index in [1.807, 2.05) is 6.07 Å². The largest absolute Gasteiger partial charge is 0.366 e. The number of hydrogen-bond donors (Lipinski definition) is 2. The summed E-state index contributed by atoms with van der Waals surface area (Å²) in [4.78, 5) is 26.6. The first-order chi connectivity index (χ1) is 11.1. The molecule has 3 aromatic heterocycles. The van der Waals surface area contributed by atoms with Crippen molar-refractivity contribution in [3.8, 4) is 17.3 Å². The number of fused-ring (bicyclic) bond motifs is 1. The van der Waals surface area contributed by atoms with Gasteiger partial charge in [0, 0.05) is 29.6 Å². The molecule has 0 bridgehead atoms. The monoisotopic (exact) mass is 324 g/mol. The van der Waals surface area contributed by atoms with Gasteiger partial charge in [-0.2, -0.15) is 5.26 Å². The van der Waals surface area contributed by atoms with Crippen molar-refractivity contribution in [2.75, 3.05) is 0 Å². The van der Waals surface area contributed by atoms with Crippen molar-refractivity contribution in [3.63, 3.8) is 0 Å². The van der Waals surface area contributed by atoms with Gasteiger partial charge >= 0.3 is 0 Å². The lowest BCUT2D eigenvalue weighted by Crippen LogP contribution is -2.05. The van der Waals surface area contributed by atoms with Crippen molar-refractivity contribution < 1.29 is 4.79 Å². The molecule has 0 atom stereocenters. The molecular weight excluding hydrogens is 316 g/mol. The molecule has 3 N–H and O–H groups in total. The predicted molar refractivity (Wildman–Crippen MR) is 85.1 cm³/mol. The SMILES string of the molecule is N#Cc1ncc(-c2cnc3[nH]cc(C=CC(N)=O)c3n2)cc1Cl. The third kappa shape index (κ3) is 2.88. The maximum Gasteiger partial charge on any atom is 0.241 e. The quantitative estimate of drug-likeness (QED) is 0.714. The van der Waals surface area contributed by atoms with Gasteiger partial charge in [0.05, 0.1) is 16.9 Å². The van der Waals surface area contributed by atoms with E-state index in [4.69, 9.17) is 22.6 Å². The van der Waals surface area contributed by atoms with Gasteiger partial charge in [-0.05, 0) is 12.1 Å². The topological polar surface area (TPSA) is 121 Å². The number of nitrogens with one attached hydrogen (secondary N) is 1. The summed E-state index contributed by atoms with van der Waals surface area (Å²) in [5.74, 6) is -0.550. The Morgan fingerprint density at radius 3 is 2.91 bits per heavy atom. The van der Waals surface area contributed by atoms with Gasteiger partial charge in [0.2, 0.25) is 5.91 Å². The highest BCUT2D eigenvalue weighted by Gasteiger charge is 2.10. The van der Waals surface area contributed by atoms with Gasteiger partial charge in [0.1, 0.15) is 11.6 Å². The number of carbonyl (C=O) groups excluding carboxylic acids is 1. The predicted octanol–water partition coefficient (Wildman–Crippen LogP) is 2.04. The molecule has 0 aromatic carbocycles. The van der Waals surface area contributed by atoms with E-state index < -0.39 is 5.91 Å². The number of H-pyrrole nitrogens is 1. The lowest BCUT2D eigenvalue weighted by Gasteiger charge is -2.02. The molecule has 112 valence electrons. The summed E-state index contributed by atoms with van der Waals surface area (Å²) in [5, 5.41) is 9.10. The fourth-order valence-electron chi connectivity index (χ4n) is 2.01. The number of pyridine rings is 1. The minimum atomic E-state index is -0.550. The fraction of sp³-hybridized carbons (Fsp3) is 0. The smallest absolute Gasteiger partial charge is 0.241 e. The molecule has 3 heterocycles. The van der Waals surface area contributed by atoms with Crippen LogP contribution < -0.4 is 5.73 Å². The van der Waals surface area contributed by atoms with Crippen LogP contribution in [0.25, 0.3) is 28.5 Å².